The van der Waals surface area contributed by atoms with E-state index in [1.54, 1.807) is 18.2 Å². The van der Waals surface area contributed by atoms with Gasteiger partial charge in [-0.3, -0.25) is 0 Å². The van der Waals surface area contributed by atoms with E-state index in [0.29, 0.717) is 29.1 Å². The quantitative estimate of drug-likeness (QED) is 0.817. The first-order valence-corrected chi connectivity index (χ1v) is 7.88. The van der Waals surface area contributed by atoms with Crippen LogP contribution in [0.5, 0.6) is 11.6 Å². The van der Waals surface area contributed by atoms with Crippen LogP contribution in [0.2, 0.25) is 5.02 Å². The van der Waals surface area contributed by atoms with E-state index in [1.807, 2.05) is 12.1 Å². The Morgan fingerprint density at radius 1 is 1.24 bits per heavy atom. The lowest BCUT2D eigenvalue weighted by atomic mass is 10.2. The van der Waals surface area contributed by atoms with Crippen LogP contribution in [0.15, 0.2) is 34.8 Å². The van der Waals surface area contributed by atoms with E-state index in [1.165, 1.54) is 0 Å². The molecule has 6 heteroatoms. The summed E-state index contributed by atoms with van der Waals surface area (Å²) >= 11 is 9.45. The van der Waals surface area contributed by atoms with Crippen LogP contribution in [0, 0.1) is 5.92 Å². The van der Waals surface area contributed by atoms with Crippen molar-refractivity contribution in [3.63, 3.8) is 0 Å². The largest absolute Gasteiger partial charge is 0.436 e. The van der Waals surface area contributed by atoms with E-state index < -0.39 is 0 Å². The van der Waals surface area contributed by atoms with Crippen molar-refractivity contribution in [2.75, 3.05) is 6.54 Å². The summed E-state index contributed by atoms with van der Waals surface area (Å²) in [7, 11) is 0. The third kappa shape index (κ3) is 5.26. The molecule has 1 heterocycles. The Hall–Kier alpha value is -1.17. The summed E-state index contributed by atoms with van der Waals surface area (Å²) in [5, 5.41) is 12.0. The molecule has 4 nitrogen and oxygen atoms in total. The summed E-state index contributed by atoms with van der Waals surface area (Å²) in [4.78, 5) is 0. The van der Waals surface area contributed by atoms with E-state index in [0.717, 1.165) is 16.7 Å². The molecule has 2 rings (SSSR count). The lowest BCUT2D eigenvalue weighted by molar-refractivity contribution is 0.452. The van der Waals surface area contributed by atoms with Crippen LogP contribution >= 0.6 is 27.5 Å². The second-order valence-corrected chi connectivity index (χ2v) is 6.39. The third-order valence-electron chi connectivity index (χ3n) is 2.66. The number of nitrogens with one attached hydrogen (secondary N) is 1. The molecule has 0 radical (unpaired) electrons. The first-order valence-electron chi connectivity index (χ1n) is 6.71. The van der Waals surface area contributed by atoms with Gasteiger partial charge in [0.2, 0.25) is 5.88 Å². The molecule has 1 aromatic carbocycles. The molecule has 0 spiro atoms. The predicted octanol–water partition coefficient (Wildman–Crippen LogP) is 4.43. The van der Waals surface area contributed by atoms with E-state index >= 15 is 0 Å². The molecule has 0 saturated heterocycles. The molecule has 1 aromatic heterocycles. The molecule has 112 valence electrons. The lowest BCUT2D eigenvalue weighted by Gasteiger charge is -2.08. The SMILES string of the molecule is CC(C)CNCc1ccc(Oc2ccc(Br)cc2Cl)nn1. The summed E-state index contributed by atoms with van der Waals surface area (Å²) in [5.74, 6) is 1.59. The third-order valence-corrected chi connectivity index (χ3v) is 3.45. The van der Waals surface area contributed by atoms with Gasteiger partial charge < -0.3 is 10.1 Å². The zero-order valence-electron chi connectivity index (χ0n) is 11.9. The van der Waals surface area contributed by atoms with Gasteiger partial charge in [0.1, 0.15) is 5.75 Å². The van der Waals surface area contributed by atoms with Crippen molar-refractivity contribution in [2.24, 2.45) is 5.92 Å². The highest BCUT2D eigenvalue weighted by molar-refractivity contribution is 9.10. The van der Waals surface area contributed by atoms with Crippen molar-refractivity contribution in [1.82, 2.24) is 15.5 Å². The molecule has 0 unspecified atom stereocenters. The number of hydrogen-bond acceptors (Lipinski definition) is 4. The van der Waals surface area contributed by atoms with E-state index in [4.69, 9.17) is 16.3 Å². The summed E-state index contributed by atoms with van der Waals surface area (Å²) in [5.41, 5.74) is 0.880. The minimum Gasteiger partial charge on any atom is -0.436 e. The number of benzene rings is 1. The van der Waals surface area contributed by atoms with Crippen molar-refractivity contribution < 1.29 is 4.74 Å². The van der Waals surface area contributed by atoms with Gasteiger partial charge in [-0.25, -0.2) is 0 Å². The highest BCUT2D eigenvalue weighted by Crippen LogP contribution is 2.30. The Bertz CT molecular complexity index is 590. The second kappa shape index (κ2) is 7.73. The zero-order chi connectivity index (χ0) is 15.2. The number of rotatable bonds is 6. The first kappa shape index (κ1) is 16.2. The Morgan fingerprint density at radius 2 is 2.05 bits per heavy atom. The maximum absolute atomic E-state index is 6.10. The number of aromatic nitrogens is 2. The Balaban J connectivity index is 1.95. The highest BCUT2D eigenvalue weighted by atomic mass is 79.9. The molecule has 21 heavy (non-hydrogen) atoms. The fourth-order valence-electron chi connectivity index (χ4n) is 1.66. The predicted molar refractivity (Wildman–Crippen MR) is 87.8 cm³/mol. The molecule has 0 aliphatic carbocycles. The molecule has 0 amide bonds. The molecular weight excluding hydrogens is 354 g/mol. The highest BCUT2D eigenvalue weighted by Gasteiger charge is 2.05. The Labute approximate surface area is 138 Å². The normalized spacial score (nSPS) is 10.9. The van der Waals surface area contributed by atoms with Gasteiger partial charge in [-0.15, -0.1) is 5.10 Å². The standard InChI is InChI=1S/C15H17BrClN3O/c1-10(2)8-18-9-12-4-6-15(20-19-12)21-14-5-3-11(16)7-13(14)17/h3-7,10,18H,8-9H2,1-2H3. The average molecular weight is 371 g/mol. The van der Waals surface area contributed by atoms with E-state index in [2.05, 4.69) is 45.3 Å². The van der Waals surface area contributed by atoms with Gasteiger partial charge in [-0.1, -0.05) is 41.4 Å². The van der Waals surface area contributed by atoms with Crippen molar-refractivity contribution >= 4 is 27.5 Å². The van der Waals surface area contributed by atoms with E-state index in [9.17, 15) is 0 Å². The maximum atomic E-state index is 6.10. The fourth-order valence-corrected chi connectivity index (χ4v) is 2.37. The Kier molecular flexibility index (Phi) is 5.96. The van der Waals surface area contributed by atoms with Gasteiger partial charge in [-0.05, 0) is 36.7 Å². The monoisotopic (exact) mass is 369 g/mol. The van der Waals surface area contributed by atoms with Crippen molar-refractivity contribution in [3.8, 4) is 11.6 Å². The number of halogens is 2. The van der Waals surface area contributed by atoms with Gasteiger partial charge in [0.15, 0.2) is 0 Å². The molecule has 0 aliphatic heterocycles. The van der Waals surface area contributed by atoms with Gasteiger partial charge in [-0.2, -0.15) is 5.10 Å². The summed E-state index contributed by atoms with van der Waals surface area (Å²) in [6.07, 6.45) is 0. The summed E-state index contributed by atoms with van der Waals surface area (Å²) in [6, 6.07) is 9.10. The van der Waals surface area contributed by atoms with Crippen LogP contribution in [-0.4, -0.2) is 16.7 Å². The molecule has 0 bridgehead atoms. The number of ether oxygens (including phenoxy) is 1. The van der Waals surface area contributed by atoms with Gasteiger partial charge in [0.05, 0.1) is 10.7 Å². The van der Waals surface area contributed by atoms with Crippen molar-refractivity contribution in [3.05, 3.63) is 45.5 Å². The molecule has 0 saturated carbocycles. The van der Waals surface area contributed by atoms with Crippen LogP contribution in [0.4, 0.5) is 0 Å². The summed E-state index contributed by atoms with van der Waals surface area (Å²) in [6.45, 7) is 5.98. The number of hydrogen-bond donors (Lipinski definition) is 1. The van der Waals surface area contributed by atoms with Gasteiger partial charge >= 0.3 is 0 Å². The second-order valence-electron chi connectivity index (χ2n) is 5.06. The van der Waals surface area contributed by atoms with E-state index in [-0.39, 0.29) is 0 Å². The lowest BCUT2D eigenvalue weighted by Crippen LogP contribution is -2.19. The topological polar surface area (TPSA) is 47.0 Å². The maximum Gasteiger partial charge on any atom is 0.238 e. The smallest absolute Gasteiger partial charge is 0.238 e. The van der Waals surface area contributed by atoms with Crippen LogP contribution < -0.4 is 10.1 Å². The minimum absolute atomic E-state index is 0.423. The Morgan fingerprint density at radius 3 is 2.67 bits per heavy atom. The number of nitrogens with zero attached hydrogens (tertiary/aromatic N) is 2. The van der Waals surface area contributed by atoms with Crippen molar-refractivity contribution in [2.45, 2.75) is 20.4 Å². The van der Waals surface area contributed by atoms with Crippen molar-refractivity contribution in [1.29, 1.82) is 0 Å². The zero-order valence-corrected chi connectivity index (χ0v) is 14.3. The molecule has 0 atom stereocenters. The first-order chi connectivity index (χ1) is 10.0. The molecule has 0 aliphatic rings. The minimum atomic E-state index is 0.423. The average Bonchev–Trinajstić information content (AvgIpc) is 2.43. The molecule has 0 fully saturated rings. The van der Waals surface area contributed by atoms with Gasteiger partial charge in [0.25, 0.3) is 0 Å². The molecule has 1 N–H and O–H groups in total. The molecule has 2 aromatic rings. The summed E-state index contributed by atoms with van der Waals surface area (Å²) < 4.78 is 6.52. The van der Waals surface area contributed by atoms with Crippen LogP contribution in [0.1, 0.15) is 19.5 Å². The van der Waals surface area contributed by atoms with Crippen LogP contribution in [0.25, 0.3) is 0 Å². The van der Waals surface area contributed by atoms with Gasteiger partial charge in [0, 0.05) is 17.1 Å². The van der Waals surface area contributed by atoms with Crippen LogP contribution in [0.3, 0.4) is 0 Å². The van der Waals surface area contributed by atoms with Crippen LogP contribution in [-0.2, 0) is 6.54 Å². The molecular formula is C15H17BrClN3O. The fraction of sp³-hybridized carbons (Fsp3) is 0.333.